The molecule has 2 aromatic carbocycles. The highest BCUT2D eigenvalue weighted by molar-refractivity contribution is 7.89. The fourth-order valence-corrected chi connectivity index (χ4v) is 5.00. The van der Waals surface area contributed by atoms with Crippen LogP contribution in [0.1, 0.15) is 28.4 Å². The van der Waals surface area contributed by atoms with Crippen LogP contribution in [0.4, 0.5) is 0 Å². The van der Waals surface area contributed by atoms with Crippen molar-refractivity contribution in [1.29, 1.82) is 0 Å². The fourth-order valence-electron chi connectivity index (χ4n) is 3.55. The summed E-state index contributed by atoms with van der Waals surface area (Å²) >= 11 is 0. The third-order valence-electron chi connectivity index (χ3n) is 5.32. The molecule has 3 rings (SSSR count). The Morgan fingerprint density at radius 2 is 1.79 bits per heavy atom. The van der Waals surface area contributed by atoms with Gasteiger partial charge in [0, 0.05) is 32.3 Å². The van der Waals surface area contributed by atoms with E-state index in [9.17, 15) is 13.2 Å². The third-order valence-corrected chi connectivity index (χ3v) is 7.20. The van der Waals surface area contributed by atoms with E-state index in [1.165, 1.54) is 30.7 Å². The summed E-state index contributed by atoms with van der Waals surface area (Å²) in [4.78, 5) is 13.1. The minimum atomic E-state index is -3.84. The molecule has 33 heavy (non-hydrogen) atoms. The van der Waals surface area contributed by atoms with Gasteiger partial charge in [-0.25, -0.2) is 8.42 Å². The normalized spacial score (nSPS) is 14.6. The van der Waals surface area contributed by atoms with E-state index in [2.05, 4.69) is 5.32 Å². The van der Waals surface area contributed by atoms with Crippen molar-refractivity contribution in [3.63, 3.8) is 0 Å². The number of sulfonamides is 1. The first-order valence-electron chi connectivity index (χ1n) is 10.7. The minimum absolute atomic E-state index is 0.0380. The summed E-state index contributed by atoms with van der Waals surface area (Å²) in [5.41, 5.74) is 1.95. The molecular formula is C23H30N2O7S. The Kier molecular flexibility index (Phi) is 8.67. The minimum Gasteiger partial charge on any atom is -0.493 e. The zero-order chi connectivity index (χ0) is 23.8. The van der Waals surface area contributed by atoms with Crippen molar-refractivity contribution in [3.05, 3.63) is 53.1 Å². The van der Waals surface area contributed by atoms with Crippen molar-refractivity contribution in [3.8, 4) is 11.5 Å². The molecular weight excluding hydrogens is 448 g/mol. The molecule has 1 heterocycles. The molecule has 0 spiro atoms. The van der Waals surface area contributed by atoms with Gasteiger partial charge in [0.15, 0.2) is 11.5 Å². The summed E-state index contributed by atoms with van der Waals surface area (Å²) < 4.78 is 49.2. The lowest BCUT2D eigenvalue weighted by Gasteiger charge is -2.26. The van der Waals surface area contributed by atoms with E-state index in [1.54, 1.807) is 0 Å². The number of amides is 1. The Hall–Kier alpha value is -2.66. The summed E-state index contributed by atoms with van der Waals surface area (Å²) in [5.74, 6) is -0.150. The predicted molar refractivity (Wildman–Crippen MR) is 122 cm³/mol. The smallest absolute Gasteiger partial charge is 0.255 e. The second kappa shape index (κ2) is 11.5. The van der Waals surface area contributed by atoms with Crippen LogP contribution >= 0.6 is 0 Å². The number of benzene rings is 2. The van der Waals surface area contributed by atoms with Crippen LogP contribution in [0.15, 0.2) is 41.3 Å². The van der Waals surface area contributed by atoms with Gasteiger partial charge in [0.1, 0.15) is 0 Å². The molecule has 180 valence electrons. The van der Waals surface area contributed by atoms with Crippen molar-refractivity contribution in [2.45, 2.75) is 25.0 Å². The van der Waals surface area contributed by atoms with Crippen molar-refractivity contribution < 1.29 is 32.2 Å². The van der Waals surface area contributed by atoms with Gasteiger partial charge in [-0.3, -0.25) is 4.79 Å². The van der Waals surface area contributed by atoms with E-state index in [-0.39, 0.29) is 41.6 Å². The molecule has 1 aliphatic rings. The molecule has 0 aromatic heterocycles. The molecule has 1 saturated heterocycles. The quantitative estimate of drug-likeness (QED) is 0.558. The van der Waals surface area contributed by atoms with Crippen LogP contribution in [0, 0.1) is 0 Å². The number of carbonyl (C=O) groups excluding carboxylic acids is 1. The zero-order valence-electron chi connectivity index (χ0n) is 19.1. The fraction of sp³-hybridized carbons (Fsp3) is 0.435. The van der Waals surface area contributed by atoms with Gasteiger partial charge >= 0.3 is 0 Å². The van der Waals surface area contributed by atoms with Gasteiger partial charge in [-0.1, -0.05) is 24.3 Å². The number of hydrogen-bond acceptors (Lipinski definition) is 7. The molecule has 10 heteroatoms. The monoisotopic (exact) mass is 478 g/mol. The van der Waals surface area contributed by atoms with Crippen molar-refractivity contribution in [2.24, 2.45) is 0 Å². The molecule has 0 bridgehead atoms. The topological polar surface area (TPSA) is 103 Å². The van der Waals surface area contributed by atoms with Crippen LogP contribution in [-0.4, -0.2) is 65.8 Å². The number of ether oxygens (including phenoxy) is 4. The maximum Gasteiger partial charge on any atom is 0.255 e. The van der Waals surface area contributed by atoms with Gasteiger partial charge < -0.3 is 24.3 Å². The standard InChI is InChI=1S/C23H30N2O7S/c1-4-31-16-18-8-6-5-7-17(18)15-24-23(26)20-13-19(14-21(29-2)22(20)30-3)33(27,28)25-9-11-32-12-10-25/h5-8,13-14H,4,9-12,15-16H2,1-3H3,(H,24,26). The first-order valence-corrected chi connectivity index (χ1v) is 12.1. The number of methoxy groups -OCH3 is 2. The van der Waals surface area contributed by atoms with Crippen LogP contribution in [0.2, 0.25) is 0 Å². The van der Waals surface area contributed by atoms with Crippen LogP contribution in [0.5, 0.6) is 11.5 Å². The van der Waals surface area contributed by atoms with Crippen molar-refractivity contribution >= 4 is 15.9 Å². The highest BCUT2D eigenvalue weighted by Gasteiger charge is 2.30. The average Bonchev–Trinajstić information content (AvgIpc) is 2.85. The average molecular weight is 479 g/mol. The van der Waals surface area contributed by atoms with Gasteiger partial charge in [0.25, 0.3) is 5.91 Å². The number of morpholine rings is 1. The first-order chi connectivity index (χ1) is 15.9. The summed E-state index contributed by atoms with van der Waals surface area (Å²) in [7, 11) is -1.04. The summed E-state index contributed by atoms with van der Waals surface area (Å²) in [6.45, 7) is 4.32. The number of nitrogens with one attached hydrogen (secondary N) is 1. The van der Waals surface area contributed by atoms with E-state index in [1.807, 2.05) is 31.2 Å². The molecule has 1 aliphatic heterocycles. The molecule has 0 radical (unpaired) electrons. The summed E-state index contributed by atoms with van der Waals surface area (Å²) in [6.07, 6.45) is 0. The highest BCUT2D eigenvalue weighted by atomic mass is 32.2. The maximum absolute atomic E-state index is 13.2. The Morgan fingerprint density at radius 1 is 1.09 bits per heavy atom. The Balaban J connectivity index is 1.90. The molecule has 0 atom stereocenters. The molecule has 0 unspecified atom stereocenters. The van der Waals surface area contributed by atoms with E-state index in [4.69, 9.17) is 18.9 Å². The van der Waals surface area contributed by atoms with Crippen LogP contribution in [-0.2, 0) is 32.6 Å². The van der Waals surface area contributed by atoms with Gasteiger partial charge in [-0.15, -0.1) is 0 Å². The second-order valence-electron chi connectivity index (χ2n) is 7.31. The van der Waals surface area contributed by atoms with E-state index >= 15 is 0 Å². The van der Waals surface area contributed by atoms with Crippen LogP contribution in [0.25, 0.3) is 0 Å². The molecule has 0 saturated carbocycles. The molecule has 1 fully saturated rings. The second-order valence-corrected chi connectivity index (χ2v) is 9.25. The highest BCUT2D eigenvalue weighted by Crippen LogP contribution is 2.35. The van der Waals surface area contributed by atoms with Crippen molar-refractivity contribution in [2.75, 3.05) is 47.1 Å². The summed E-state index contributed by atoms with van der Waals surface area (Å²) in [6, 6.07) is 10.3. The van der Waals surface area contributed by atoms with Gasteiger partial charge in [-0.2, -0.15) is 4.31 Å². The van der Waals surface area contributed by atoms with Gasteiger partial charge in [-0.05, 0) is 24.1 Å². The lowest BCUT2D eigenvalue weighted by Crippen LogP contribution is -2.40. The number of rotatable bonds is 10. The molecule has 9 nitrogen and oxygen atoms in total. The Bertz CT molecular complexity index is 1070. The molecule has 1 N–H and O–H groups in total. The van der Waals surface area contributed by atoms with E-state index in [0.717, 1.165) is 11.1 Å². The van der Waals surface area contributed by atoms with Gasteiger partial charge in [0.05, 0.1) is 44.5 Å². The number of carbonyl (C=O) groups is 1. The number of nitrogens with zero attached hydrogens (tertiary/aromatic N) is 1. The SMILES string of the molecule is CCOCc1ccccc1CNC(=O)c1cc(S(=O)(=O)N2CCOCC2)cc(OC)c1OC. The maximum atomic E-state index is 13.2. The zero-order valence-corrected chi connectivity index (χ0v) is 19.9. The summed E-state index contributed by atoms with van der Waals surface area (Å²) in [5, 5.41) is 2.86. The largest absolute Gasteiger partial charge is 0.493 e. The molecule has 0 aliphatic carbocycles. The van der Waals surface area contributed by atoms with Gasteiger partial charge in [0.2, 0.25) is 10.0 Å². The predicted octanol–water partition coefficient (Wildman–Crippen LogP) is 2.19. The van der Waals surface area contributed by atoms with Crippen molar-refractivity contribution in [1.82, 2.24) is 9.62 Å². The molecule has 1 amide bonds. The van der Waals surface area contributed by atoms with E-state index in [0.29, 0.717) is 26.4 Å². The molecule has 2 aromatic rings. The lowest BCUT2D eigenvalue weighted by atomic mass is 10.1. The Morgan fingerprint density at radius 3 is 2.42 bits per heavy atom. The van der Waals surface area contributed by atoms with Crippen LogP contribution in [0.3, 0.4) is 0 Å². The first kappa shape index (κ1) is 25.0. The van der Waals surface area contributed by atoms with Crippen LogP contribution < -0.4 is 14.8 Å². The third kappa shape index (κ3) is 5.83. The lowest BCUT2D eigenvalue weighted by molar-refractivity contribution is 0.0730. The number of hydrogen-bond donors (Lipinski definition) is 1. The Labute approximate surface area is 194 Å². The van der Waals surface area contributed by atoms with E-state index < -0.39 is 15.9 Å².